The van der Waals surface area contributed by atoms with Crippen molar-refractivity contribution in [3.05, 3.63) is 36.5 Å². The molecule has 2 rings (SSSR count). The molecule has 0 atom stereocenters. The van der Waals surface area contributed by atoms with Crippen LogP contribution in [-0.4, -0.2) is 27.5 Å². The number of aromatic nitrogens is 3. The van der Waals surface area contributed by atoms with Gasteiger partial charge in [0.15, 0.2) is 0 Å². The molecule has 0 aliphatic rings. The van der Waals surface area contributed by atoms with Gasteiger partial charge in [0.1, 0.15) is 17.3 Å². The van der Waals surface area contributed by atoms with E-state index in [1.807, 2.05) is 30.3 Å². The molecule has 0 radical (unpaired) electrons. The molecular formula is C13H14N4O. The largest absolute Gasteiger partial charge is 0.368 e. The van der Waals surface area contributed by atoms with Crippen LogP contribution < -0.4 is 5.32 Å². The minimum atomic E-state index is 0.153. The Labute approximate surface area is 105 Å². The predicted molar refractivity (Wildman–Crippen MR) is 69.1 cm³/mol. The Bertz CT molecular complexity index is 510. The Hall–Kier alpha value is -2.30. The summed E-state index contributed by atoms with van der Waals surface area (Å²) in [7, 11) is 0. The lowest BCUT2D eigenvalue weighted by Crippen LogP contribution is -2.07. The summed E-state index contributed by atoms with van der Waals surface area (Å²) in [5.74, 6) is 0.816. The molecule has 1 N–H and O–H groups in total. The summed E-state index contributed by atoms with van der Waals surface area (Å²) < 4.78 is 0. The maximum absolute atomic E-state index is 10.8. The van der Waals surface area contributed by atoms with Crippen molar-refractivity contribution in [1.82, 2.24) is 15.2 Å². The first-order valence-corrected chi connectivity index (χ1v) is 5.74. The van der Waals surface area contributed by atoms with Crippen molar-refractivity contribution in [2.24, 2.45) is 0 Å². The summed E-state index contributed by atoms with van der Waals surface area (Å²) >= 11 is 0. The summed E-state index contributed by atoms with van der Waals surface area (Å²) in [6.45, 7) is 2.14. The highest BCUT2D eigenvalue weighted by atomic mass is 16.1. The van der Waals surface area contributed by atoms with Gasteiger partial charge in [-0.2, -0.15) is 0 Å². The summed E-state index contributed by atoms with van der Waals surface area (Å²) in [4.78, 5) is 15.0. The standard InChI is InChI=1S/C13H14N4O/c1-10(18)7-9-15-13-6-5-12(16-17-13)11-4-2-3-8-14-11/h2-6,8H,7,9H2,1H3,(H,15,17). The number of nitrogens with one attached hydrogen (secondary N) is 1. The molecule has 2 aromatic heterocycles. The van der Waals surface area contributed by atoms with Gasteiger partial charge in [-0.25, -0.2) is 0 Å². The van der Waals surface area contributed by atoms with Crippen LogP contribution in [0.3, 0.4) is 0 Å². The van der Waals surface area contributed by atoms with E-state index >= 15 is 0 Å². The fourth-order valence-electron chi connectivity index (χ4n) is 1.44. The molecule has 2 heterocycles. The second-order valence-electron chi connectivity index (χ2n) is 3.90. The van der Waals surface area contributed by atoms with Crippen molar-refractivity contribution in [3.63, 3.8) is 0 Å². The van der Waals surface area contributed by atoms with E-state index in [4.69, 9.17) is 0 Å². The van der Waals surface area contributed by atoms with Crippen molar-refractivity contribution in [2.75, 3.05) is 11.9 Å². The molecule has 0 aliphatic heterocycles. The summed E-state index contributed by atoms with van der Waals surface area (Å²) in [6.07, 6.45) is 2.21. The Morgan fingerprint density at radius 2 is 2.06 bits per heavy atom. The van der Waals surface area contributed by atoms with Crippen molar-refractivity contribution < 1.29 is 4.79 Å². The number of carbonyl (C=O) groups excluding carboxylic acids is 1. The van der Waals surface area contributed by atoms with Gasteiger partial charge < -0.3 is 5.32 Å². The lowest BCUT2D eigenvalue weighted by molar-refractivity contribution is -0.116. The van der Waals surface area contributed by atoms with Crippen LogP contribution in [0.1, 0.15) is 13.3 Å². The highest BCUT2D eigenvalue weighted by Gasteiger charge is 2.01. The van der Waals surface area contributed by atoms with Gasteiger partial charge in [-0.15, -0.1) is 10.2 Å². The monoisotopic (exact) mass is 242 g/mol. The first kappa shape index (κ1) is 12.2. The maximum atomic E-state index is 10.8. The average molecular weight is 242 g/mol. The molecule has 0 saturated carbocycles. The summed E-state index contributed by atoms with van der Waals surface area (Å²) in [5, 5.41) is 11.2. The maximum Gasteiger partial charge on any atom is 0.148 e. The molecule has 0 amide bonds. The second-order valence-corrected chi connectivity index (χ2v) is 3.90. The van der Waals surface area contributed by atoms with E-state index in [0.29, 0.717) is 18.8 Å². The van der Waals surface area contributed by atoms with E-state index in [1.165, 1.54) is 0 Å². The van der Waals surface area contributed by atoms with Gasteiger partial charge >= 0.3 is 0 Å². The second kappa shape index (κ2) is 5.86. The van der Waals surface area contributed by atoms with Crippen LogP contribution in [0.4, 0.5) is 5.82 Å². The molecule has 5 nitrogen and oxygen atoms in total. The van der Waals surface area contributed by atoms with Crippen LogP contribution in [0.15, 0.2) is 36.5 Å². The fourth-order valence-corrected chi connectivity index (χ4v) is 1.44. The van der Waals surface area contributed by atoms with Gasteiger partial charge in [0.05, 0.1) is 5.69 Å². The third-order valence-electron chi connectivity index (χ3n) is 2.38. The third kappa shape index (κ3) is 3.35. The van der Waals surface area contributed by atoms with Gasteiger partial charge in [-0.3, -0.25) is 9.78 Å². The van der Waals surface area contributed by atoms with Crippen LogP contribution in [0.2, 0.25) is 0 Å². The Balaban J connectivity index is 2.00. The predicted octanol–water partition coefficient (Wildman–Crippen LogP) is 1.93. The Morgan fingerprint density at radius 3 is 2.67 bits per heavy atom. The van der Waals surface area contributed by atoms with Gasteiger partial charge in [-0.1, -0.05) is 6.07 Å². The van der Waals surface area contributed by atoms with Gasteiger partial charge in [0.2, 0.25) is 0 Å². The number of hydrogen-bond donors (Lipinski definition) is 1. The number of pyridine rings is 1. The Kier molecular flexibility index (Phi) is 3.96. The summed E-state index contributed by atoms with van der Waals surface area (Å²) in [5.41, 5.74) is 1.52. The Morgan fingerprint density at radius 1 is 1.17 bits per heavy atom. The van der Waals surface area contributed by atoms with Crippen LogP contribution in [0, 0.1) is 0 Å². The van der Waals surface area contributed by atoms with Crippen molar-refractivity contribution in [3.8, 4) is 11.4 Å². The zero-order valence-corrected chi connectivity index (χ0v) is 10.1. The van der Waals surface area contributed by atoms with Crippen LogP contribution in [0.5, 0.6) is 0 Å². The molecule has 0 fully saturated rings. The van der Waals surface area contributed by atoms with E-state index in [1.54, 1.807) is 13.1 Å². The number of hydrogen-bond acceptors (Lipinski definition) is 5. The minimum Gasteiger partial charge on any atom is -0.368 e. The first-order valence-electron chi connectivity index (χ1n) is 5.74. The van der Waals surface area contributed by atoms with Crippen LogP contribution in [0.25, 0.3) is 11.4 Å². The highest BCUT2D eigenvalue weighted by molar-refractivity contribution is 5.75. The van der Waals surface area contributed by atoms with Crippen molar-refractivity contribution in [1.29, 1.82) is 0 Å². The molecule has 0 aromatic carbocycles. The lowest BCUT2D eigenvalue weighted by Gasteiger charge is -2.04. The summed E-state index contributed by atoms with van der Waals surface area (Å²) in [6, 6.07) is 9.33. The number of rotatable bonds is 5. The number of carbonyl (C=O) groups is 1. The zero-order chi connectivity index (χ0) is 12.8. The highest BCUT2D eigenvalue weighted by Crippen LogP contribution is 2.13. The molecule has 2 aromatic rings. The minimum absolute atomic E-state index is 0.153. The number of Topliss-reactive ketones (excluding diaryl/α,β-unsaturated/α-hetero) is 1. The molecule has 0 unspecified atom stereocenters. The first-order chi connectivity index (χ1) is 8.75. The topological polar surface area (TPSA) is 67.8 Å². The quantitative estimate of drug-likeness (QED) is 0.867. The number of ketones is 1. The van der Waals surface area contributed by atoms with Crippen LogP contribution in [-0.2, 0) is 4.79 Å². The number of nitrogens with zero attached hydrogens (tertiary/aromatic N) is 3. The molecule has 5 heteroatoms. The van der Waals surface area contributed by atoms with E-state index in [2.05, 4.69) is 20.5 Å². The average Bonchev–Trinajstić information content (AvgIpc) is 2.40. The van der Waals surface area contributed by atoms with E-state index < -0.39 is 0 Å². The molecule has 92 valence electrons. The van der Waals surface area contributed by atoms with Gasteiger partial charge in [0.25, 0.3) is 0 Å². The lowest BCUT2D eigenvalue weighted by atomic mass is 10.2. The zero-order valence-electron chi connectivity index (χ0n) is 10.1. The van der Waals surface area contributed by atoms with Crippen molar-refractivity contribution >= 4 is 11.6 Å². The molecule has 0 saturated heterocycles. The molecular weight excluding hydrogens is 228 g/mol. The van der Waals surface area contributed by atoms with E-state index in [-0.39, 0.29) is 5.78 Å². The molecule has 0 spiro atoms. The smallest absolute Gasteiger partial charge is 0.148 e. The molecule has 18 heavy (non-hydrogen) atoms. The third-order valence-corrected chi connectivity index (χ3v) is 2.38. The normalized spacial score (nSPS) is 10.1. The fraction of sp³-hybridized carbons (Fsp3) is 0.231. The van der Waals surface area contributed by atoms with Gasteiger partial charge in [0, 0.05) is 19.2 Å². The molecule has 0 aliphatic carbocycles. The van der Waals surface area contributed by atoms with E-state index in [9.17, 15) is 4.79 Å². The van der Waals surface area contributed by atoms with E-state index in [0.717, 1.165) is 11.4 Å². The van der Waals surface area contributed by atoms with Crippen LogP contribution >= 0.6 is 0 Å². The van der Waals surface area contributed by atoms with Gasteiger partial charge in [-0.05, 0) is 31.2 Å². The molecule has 0 bridgehead atoms. The van der Waals surface area contributed by atoms with Crippen molar-refractivity contribution in [2.45, 2.75) is 13.3 Å². The SMILES string of the molecule is CC(=O)CCNc1ccc(-c2ccccn2)nn1. The number of anilines is 1.